The Morgan fingerprint density at radius 3 is 2.58 bits per heavy atom. The van der Waals surface area contributed by atoms with Gasteiger partial charge in [-0.3, -0.25) is 19.2 Å². The molecular formula is C26H32N4O3. The maximum atomic E-state index is 12.7. The highest BCUT2D eigenvalue weighted by Gasteiger charge is 2.39. The Morgan fingerprint density at radius 2 is 1.85 bits per heavy atom. The molecule has 2 bridgehead atoms. The molecule has 1 fully saturated rings. The van der Waals surface area contributed by atoms with Gasteiger partial charge in [0.05, 0.1) is 6.54 Å². The molecule has 3 aromatic rings. The van der Waals surface area contributed by atoms with Crippen molar-refractivity contribution in [1.29, 1.82) is 0 Å². The number of aromatic nitrogens is 3. The Labute approximate surface area is 194 Å². The first-order valence-electron chi connectivity index (χ1n) is 11.7. The lowest BCUT2D eigenvalue weighted by molar-refractivity contribution is -0.122. The highest BCUT2D eigenvalue weighted by molar-refractivity contribution is 5.32. The van der Waals surface area contributed by atoms with Crippen LogP contribution in [0, 0.1) is 5.92 Å². The summed E-state index contributed by atoms with van der Waals surface area (Å²) in [5.74, 6) is 1.02. The number of nitrogens with zero attached hydrogens (tertiary/aromatic N) is 4. The minimum absolute atomic E-state index is 0.181. The van der Waals surface area contributed by atoms with E-state index in [1.54, 1.807) is 6.07 Å². The lowest BCUT2D eigenvalue weighted by atomic mass is 9.77. The Balaban J connectivity index is 0.000000821. The van der Waals surface area contributed by atoms with Crippen LogP contribution in [0.1, 0.15) is 55.0 Å². The molecular weight excluding hydrogens is 416 g/mol. The van der Waals surface area contributed by atoms with Gasteiger partial charge in [-0.25, -0.2) is 0 Å². The Kier molecular flexibility index (Phi) is 7.40. The lowest BCUT2D eigenvalue weighted by Gasteiger charge is -2.47. The maximum Gasteiger partial charge on any atom is 0.290 e. The second-order valence-corrected chi connectivity index (χ2v) is 9.03. The summed E-state index contributed by atoms with van der Waals surface area (Å²) in [4.78, 5) is 23.6. The van der Waals surface area contributed by atoms with Gasteiger partial charge in [0.1, 0.15) is 0 Å². The zero-order valence-corrected chi connectivity index (χ0v) is 19.1. The molecule has 0 unspecified atom stereocenters. The minimum Gasteiger partial charge on any atom is -0.483 e. The van der Waals surface area contributed by atoms with Crippen molar-refractivity contribution in [3.63, 3.8) is 0 Å². The molecule has 0 saturated carbocycles. The number of pyridine rings is 1. The van der Waals surface area contributed by atoms with Crippen molar-refractivity contribution in [1.82, 2.24) is 19.2 Å². The molecule has 174 valence electrons. The fraction of sp³-hybridized carbons (Fsp3) is 0.423. The topological polar surface area (TPSA) is 80.4 Å². The fourth-order valence-electron chi connectivity index (χ4n) is 5.60. The van der Waals surface area contributed by atoms with Crippen molar-refractivity contribution < 1.29 is 9.90 Å². The van der Waals surface area contributed by atoms with Gasteiger partial charge in [0.25, 0.3) is 12.0 Å². The van der Waals surface area contributed by atoms with Crippen molar-refractivity contribution in [3.05, 3.63) is 88.1 Å². The molecule has 2 aromatic heterocycles. The minimum atomic E-state index is -0.250. The number of fused-ring (bicyclic) bond motifs is 4. The van der Waals surface area contributed by atoms with Gasteiger partial charge in [-0.15, -0.1) is 0 Å². The molecule has 0 radical (unpaired) electrons. The largest absolute Gasteiger partial charge is 0.483 e. The van der Waals surface area contributed by atoms with Crippen molar-refractivity contribution in [2.24, 2.45) is 5.92 Å². The molecule has 0 amide bonds. The van der Waals surface area contributed by atoms with E-state index in [1.807, 2.05) is 29.2 Å². The number of carbonyl (C=O) groups is 1. The van der Waals surface area contributed by atoms with Crippen LogP contribution in [0.2, 0.25) is 0 Å². The highest BCUT2D eigenvalue weighted by atomic mass is 16.3. The molecule has 0 spiro atoms. The van der Waals surface area contributed by atoms with Crippen LogP contribution in [0.25, 0.3) is 0 Å². The number of benzene rings is 1. The number of piperidine rings is 1. The summed E-state index contributed by atoms with van der Waals surface area (Å²) in [6.07, 6.45) is 7.24. The second-order valence-electron chi connectivity index (χ2n) is 9.03. The zero-order chi connectivity index (χ0) is 23.2. The van der Waals surface area contributed by atoms with Gasteiger partial charge < -0.3 is 9.67 Å². The van der Waals surface area contributed by atoms with Crippen LogP contribution in [0.4, 0.5) is 0 Å². The first-order chi connectivity index (χ1) is 16.1. The second kappa shape index (κ2) is 10.6. The average Bonchev–Trinajstić information content (AvgIpc) is 3.31. The van der Waals surface area contributed by atoms with Crippen LogP contribution in [0.5, 0.6) is 0 Å². The van der Waals surface area contributed by atoms with Crippen LogP contribution >= 0.6 is 0 Å². The van der Waals surface area contributed by atoms with E-state index < -0.39 is 0 Å². The van der Waals surface area contributed by atoms with Gasteiger partial charge in [0, 0.05) is 55.7 Å². The first-order valence-corrected chi connectivity index (χ1v) is 11.7. The maximum absolute atomic E-state index is 12.7. The molecule has 1 N–H and O–H groups in total. The van der Waals surface area contributed by atoms with Crippen LogP contribution in [0.15, 0.2) is 65.7 Å². The van der Waals surface area contributed by atoms with Crippen LogP contribution in [-0.2, 0) is 17.9 Å². The summed E-state index contributed by atoms with van der Waals surface area (Å²) in [7, 11) is 0. The van der Waals surface area contributed by atoms with E-state index in [2.05, 4.69) is 51.8 Å². The number of hydrogen-bond donors (Lipinski definition) is 1. The van der Waals surface area contributed by atoms with Gasteiger partial charge in [-0.1, -0.05) is 43.7 Å². The van der Waals surface area contributed by atoms with Crippen molar-refractivity contribution in [3.8, 4) is 0 Å². The summed E-state index contributed by atoms with van der Waals surface area (Å²) in [6.45, 7) is 5.86. The average molecular weight is 449 g/mol. The number of carboxylic acid groups (broad SMARTS) is 1. The van der Waals surface area contributed by atoms with E-state index >= 15 is 0 Å². The Morgan fingerprint density at radius 1 is 1.09 bits per heavy atom. The fourth-order valence-corrected chi connectivity index (χ4v) is 5.60. The highest BCUT2D eigenvalue weighted by Crippen LogP contribution is 2.43. The molecule has 1 aromatic carbocycles. The van der Waals surface area contributed by atoms with Crippen molar-refractivity contribution in [2.45, 2.75) is 51.2 Å². The monoisotopic (exact) mass is 448 g/mol. The number of likely N-dealkylation sites (tertiary alicyclic amines) is 1. The van der Waals surface area contributed by atoms with Gasteiger partial charge in [-0.05, 0) is 42.0 Å². The van der Waals surface area contributed by atoms with Crippen LogP contribution in [-0.4, -0.2) is 43.9 Å². The number of rotatable bonds is 6. The molecule has 7 heteroatoms. The predicted octanol–water partition coefficient (Wildman–Crippen LogP) is 3.75. The van der Waals surface area contributed by atoms with Crippen molar-refractivity contribution >= 4 is 6.47 Å². The smallest absolute Gasteiger partial charge is 0.290 e. The predicted molar refractivity (Wildman–Crippen MR) is 127 cm³/mol. The molecule has 3 atom stereocenters. The van der Waals surface area contributed by atoms with Crippen LogP contribution < -0.4 is 5.56 Å². The van der Waals surface area contributed by atoms with E-state index in [0.717, 1.165) is 39.0 Å². The number of hydrogen-bond acceptors (Lipinski definition) is 4. The summed E-state index contributed by atoms with van der Waals surface area (Å²) < 4.78 is 4.10. The quantitative estimate of drug-likeness (QED) is 0.581. The zero-order valence-electron chi connectivity index (χ0n) is 19.1. The third-order valence-corrected chi connectivity index (χ3v) is 6.76. The van der Waals surface area contributed by atoms with Gasteiger partial charge in [0.2, 0.25) is 0 Å². The van der Waals surface area contributed by atoms with Gasteiger partial charge in [0.15, 0.2) is 0 Å². The molecule has 5 rings (SSSR count). The van der Waals surface area contributed by atoms with E-state index in [0.29, 0.717) is 17.9 Å². The lowest BCUT2D eigenvalue weighted by Crippen LogP contribution is -2.49. The summed E-state index contributed by atoms with van der Waals surface area (Å²) >= 11 is 0. The molecule has 33 heavy (non-hydrogen) atoms. The molecule has 4 heterocycles. The summed E-state index contributed by atoms with van der Waals surface area (Å²) in [6, 6.07) is 17.0. The standard InChI is InChI=1S/C25H30N4O.CH2O2/c1-2-6-23-21-14-22(24-9-4-10-25(30)29(23)24)18-27(17-21)15-19-7-3-8-20(13-19)16-28-12-5-11-26-28;2-1-3/h3-5,7-13,21-23H,2,6,14-18H2,1H3;1H,(H,2,3)/t21-,22+,23-;/m0./s1. The molecule has 2 aliphatic rings. The third-order valence-electron chi connectivity index (χ3n) is 6.76. The van der Waals surface area contributed by atoms with Crippen molar-refractivity contribution in [2.75, 3.05) is 13.1 Å². The van der Waals surface area contributed by atoms with Crippen LogP contribution in [0.3, 0.4) is 0 Å². The summed E-state index contributed by atoms with van der Waals surface area (Å²) in [5, 5.41) is 11.2. The van der Waals surface area contributed by atoms with E-state index in [1.165, 1.54) is 23.2 Å². The van der Waals surface area contributed by atoms with Gasteiger partial charge >= 0.3 is 0 Å². The van der Waals surface area contributed by atoms with E-state index in [-0.39, 0.29) is 12.0 Å². The first kappa shape index (κ1) is 23.0. The Bertz CT molecular complexity index is 1110. The summed E-state index contributed by atoms with van der Waals surface area (Å²) in [5.41, 5.74) is 4.07. The Hall–Kier alpha value is -3.19. The molecule has 7 nitrogen and oxygen atoms in total. The SMILES string of the molecule is CCC[C@H]1[C@H]2C[C@H](CN(Cc3cccc(Cn4cccn4)c3)C2)c2cccc(=O)n21.O=CO. The molecule has 0 aliphatic carbocycles. The molecule has 1 saturated heterocycles. The van der Waals surface area contributed by atoms with E-state index in [4.69, 9.17) is 9.90 Å². The van der Waals surface area contributed by atoms with Gasteiger partial charge in [-0.2, -0.15) is 5.10 Å². The normalized spacial score (nSPS) is 21.5. The third kappa shape index (κ3) is 5.25. The van der Waals surface area contributed by atoms with E-state index in [9.17, 15) is 4.79 Å². The molecule has 2 aliphatic heterocycles.